The Labute approximate surface area is 84.0 Å². The first-order valence-electron chi connectivity index (χ1n) is 5.23. The molecule has 1 aliphatic heterocycles. The first-order chi connectivity index (χ1) is 6.27. The second-order valence-corrected chi connectivity index (χ2v) is 4.34. The van der Waals surface area contributed by atoms with Crippen LogP contribution in [0.2, 0.25) is 0 Å². The van der Waals surface area contributed by atoms with Crippen molar-refractivity contribution in [2.45, 2.75) is 38.1 Å². The maximum Gasteiger partial charge on any atom is 0.320 e. The van der Waals surface area contributed by atoms with Crippen LogP contribution in [0.1, 0.15) is 32.1 Å². The van der Waals surface area contributed by atoms with Gasteiger partial charge in [-0.2, -0.15) is 0 Å². The van der Waals surface area contributed by atoms with E-state index in [-0.39, 0.29) is 11.5 Å². The van der Waals surface area contributed by atoms with E-state index >= 15 is 0 Å². The van der Waals surface area contributed by atoms with Gasteiger partial charge in [0.2, 0.25) is 0 Å². The predicted octanol–water partition coefficient (Wildman–Crippen LogP) is 0.415. The molecular formula is C10H19NO3. The molecule has 4 heteroatoms. The summed E-state index contributed by atoms with van der Waals surface area (Å²) in [5, 5.41) is 12.0. The minimum atomic E-state index is -0.677. The quantitative estimate of drug-likeness (QED) is 0.645. The number of rotatable bonds is 1. The SMILES string of the molecule is O.O=C(O)C1CC2CCCCC2CN1. The van der Waals surface area contributed by atoms with E-state index in [1.807, 2.05) is 0 Å². The van der Waals surface area contributed by atoms with Gasteiger partial charge in [-0.15, -0.1) is 0 Å². The van der Waals surface area contributed by atoms with Crippen molar-refractivity contribution in [3.63, 3.8) is 0 Å². The van der Waals surface area contributed by atoms with Crippen LogP contribution >= 0.6 is 0 Å². The number of piperidine rings is 1. The normalized spacial score (nSPS) is 36.7. The van der Waals surface area contributed by atoms with Crippen LogP contribution in [-0.4, -0.2) is 29.1 Å². The van der Waals surface area contributed by atoms with Gasteiger partial charge in [0.15, 0.2) is 0 Å². The van der Waals surface area contributed by atoms with Crippen LogP contribution in [0.15, 0.2) is 0 Å². The van der Waals surface area contributed by atoms with Gasteiger partial charge in [0.05, 0.1) is 0 Å². The molecule has 3 unspecified atom stereocenters. The van der Waals surface area contributed by atoms with Gasteiger partial charge < -0.3 is 15.9 Å². The maximum atomic E-state index is 10.8. The van der Waals surface area contributed by atoms with Crippen LogP contribution in [0.5, 0.6) is 0 Å². The van der Waals surface area contributed by atoms with Gasteiger partial charge in [-0.25, -0.2) is 0 Å². The summed E-state index contributed by atoms with van der Waals surface area (Å²) in [6.07, 6.45) is 6.02. The van der Waals surface area contributed by atoms with E-state index < -0.39 is 5.97 Å². The van der Waals surface area contributed by atoms with Crippen molar-refractivity contribution < 1.29 is 15.4 Å². The molecule has 14 heavy (non-hydrogen) atoms. The van der Waals surface area contributed by atoms with Crippen molar-refractivity contribution in [3.05, 3.63) is 0 Å². The fourth-order valence-electron chi connectivity index (χ4n) is 2.73. The summed E-state index contributed by atoms with van der Waals surface area (Å²) in [4.78, 5) is 10.8. The molecule has 1 saturated heterocycles. The summed E-state index contributed by atoms with van der Waals surface area (Å²) >= 11 is 0. The second-order valence-electron chi connectivity index (χ2n) is 4.34. The molecule has 0 aromatic heterocycles. The largest absolute Gasteiger partial charge is 0.480 e. The summed E-state index contributed by atoms with van der Waals surface area (Å²) < 4.78 is 0. The fourth-order valence-corrected chi connectivity index (χ4v) is 2.73. The smallest absolute Gasteiger partial charge is 0.320 e. The first-order valence-corrected chi connectivity index (χ1v) is 5.23. The number of hydrogen-bond acceptors (Lipinski definition) is 2. The molecule has 0 bridgehead atoms. The molecule has 0 spiro atoms. The van der Waals surface area contributed by atoms with Gasteiger partial charge in [-0.05, 0) is 31.2 Å². The lowest BCUT2D eigenvalue weighted by molar-refractivity contribution is -0.141. The Kier molecular flexibility index (Phi) is 3.89. The van der Waals surface area contributed by atoms with Crippen molar-refractivity contribution in [1.29, 1.82) is 0 Å². The highest BCUT2D eigenvalue weighted by atomic mass is 16.4. The Morgan fingerprint density at radius 2 is 1.86 bits per heavy atom. The maximum absolute atomic E-state index is 10.8. The van der Waals surface area contributed by atoms with Crippen LogP contribution < -0.4 is 5.32 Å². The Balaban J connectivity index is 0.000000980. The van der Waals surface area contributed by atoms with Crippen LogP contribution in [0.4, 0.5) is 0 Å². The molecule has 0 amide bonds. The molecule has 2 aliphatic rings. The summed E-state index contributed by atoms with van der Waals surface area (Å²) in [6, 6.07) is -0.278. The minimum absolute atomic E-state index is 0. The highest BCUT2D eigenvalue weighted by Gasteiger charge is 2.34. The lowest BCUT2D eigenvalue weighted by Crippen LogP contribution is -2.48. The summed E-state index contributed by atoms with van der Waals surface area (Å²) in [5.41, 5.74) is 0. The Hall–Kier alpha value is -0.610. The van der Waals surface area contributed by atoms with Gasteiger partial charge in [-0.3, -0.25) is 4.79 Å². The van der Waals surface area contributed by atoms with E-state index in [9.17, 15) is 4.79 Å². The summed E-state index contributed by atoms with van der Waals surface area (Å²) in [6.45, 7) is 0.918. The van der Waals surface area contributed by atoms with Crippen LogP contribution in [0, 0.1) is 11.8 Å². The van der Waals surface area contributed by atoms with Gasteiger partial charge >= 0.3 is 5.97 Å². The van der Waals surface area contributed by atoms with Crippen molar-refractivity contribution in [1.82, 2.24) is 5.32 Å². The van der Waals surface area contributed by atoms with Crippen molar-refractivity contribution in [2.24, 2.45) is 11.8 Å². The zero-order valence-electron chi connectivity index (χ0n) is 8.33. The number of carboxylic acids is 1. The van der Waals surface area contributed by atoms with Crippen LogP contribution in [0.3, 0.4) is 0 Å². The molecule has 1 aliphatic carbocycles. The third kappa shape index (κ3) is 2.25. The molecule has 4 nitrogen and oxygen atoms in total. The van der Waals surface area contributed by atoms with Crippen molar-refractivity contribution in [3.8, 4) is 0 Å². The molecule has 1 saturated carbocycles. The average Bonchev–Trinajstić information content (AvgIpc) is 2.17. The minimum Gasteiger partial charge on any atom is -0.480 e. The lowest BCUT2D eigenvalue weighted by atomic mass is 9.74. The Bertz CT molecular complexity index is 208. The molecule has 82 valence electrons. The van der Waals surface area contributed by atoms with Gasteiger partial charge in [0.25, 0.3) is 0 Å². The fraction of sp³-hybridized carbons (Fsp3) is 0.900. The number of nitrogens with one attached hydrogen (secondary N) is 1. The molecule has 0 aromatic carbocycles. The van der Waals surface area contributed by atoms with Crippen molar-refractivity contribution >= 4 is 5.97 Å². The first kappa shape index (κ1) is 11.5. The summed E-state index contributed by atoms with van der Waals surface area (Å²) in [7, 11) is 0. The molecule has 2 fully saturated rings. The highest BCUT2D eigenvalue weighted by Crippen LogP contribution is 2.35. The van der Waals surface area contributed by atoms with Gasteiger partial charge in [-0.1, -0.05) is 19.3 Å². The molecule has 4 N–H and O–H groups in total. The van der Waals surface area contributed by atoms with Crippen LogP contribution in [-0.2, 0) is 4.79 Å². The molecular weight excluding hydrogens is 182 g/mol. The topological polar surface area (TPSA) is 80.8 Å². The van der Waals surface area contributed by atoms with E-state index in [1.165, 1.54) is 25.7 Å². The molecule has 1 heterocycles. The van der Waals surface area contributed by atoms with Crippen LogP contribution in [0.25, 0.3) is 0 Å². The van der Waals surface area contributed by atoms with E-state index in [1.54, 1.807) is 0 Å². The number of carboxylic acid groups (broad SMARTS) is 1. The van der Waals surface area contributed by atoms with Crippen molar-refractivity contribution in [2.75, 3.05) is 6.54 Å². The van der Waals surface area contributed by atoms with E-state index in [0.29, 0.717) is 5.92 Å². The second kappa shape index (κ2) is 4.75. The zero-order chi connectivity index (χ0) is 9.26. The molecule has 0 radical (unpaired) electrons. The summed E-state index contributed by atoms with van der Waals surface area (Å²) in [5.74, 6) is 0.754. The standard InChI is InChI=1S/C10H17NO2.H2O/c12-10(13)9-5-7-3-1-2-4-8(7)6-11-9;/h7-9,11H,1-6H2,(H,12,13);1H2. The third-order valence-corrected chi connectivity index (χ3v) is 3.53. The average molecular weight is 201 g/mol. The number of aliphatic carboxylic acids is 1. The van der Waals surface area contributed by atoms with Gasteiger partial charge in [0, 0.05) is 0 Å². The molecule has 3 atom stereocenters. The number of fused-ring (bicyclic) bond motifs is 1. The monoisotopic (exact) mass is 201 g/mol. The lowest BCUT2D eigenvalue weighted by Gasteiger charge is -2.38. The number of carbonyl (C=O) groups is 1. The van der Waals surface area contributed by atoms with Gasteiger partial charge in [0.1, 0.15) is 6.04 Å². The van der Waals surface area contributed by atoms with E-state index in [0.717, 1.165) is 18.9 Å². The Morgan fingerprint density at radius 1 is 1.21 bits per heavy atom. The molecule has 0 aromatic rings. The number of hydrogen-bond donors (Lipinski definition) is 2. The highest BCUT2D eigenvalue weighted by molar-refractivity contribution is 5.73. The molecule has 2 rings (SSSR count). The van der Waals surface area contributed by atoms with E-state index in [2.05, 4.69) is 5.32 Å². The Morgan fingerprint density at radius 3 is 2.50 bits per heavy atom. The zero-order valence-corrected chi connectivity index (χ0v) is 8.33. The third-order valence-electron chi connectivity index (χ3n) is 3.53. The predicted molar refractivity (Wildman–Crippen MR) is 53.1 cm³/mol. The van der Waals surface area contributed by atoms with E-state index in [4.69, 9.17) is 5.11 Å².